The molecular weight excluding hydrogens is 486 g/mol. The Morgan fingerprint density at radius 3 is 2.37 bits per heavy atom. The highest BCUT2D eigenvalue weighted by molar-refractivity contribution is 5.91. The number of aryl methyl sites for hydroxylation is 1. The van der Waals surface area contributed by atoms with Gasteiger partial charge in [0.2, 0.25) is 5.89 Å². The zero-order valence-corrected chi connectivity index (χ0v) is 22.2. The fourth-order valence-corrected chi connectivity index (χ4v) is 4.29. The number of methoxy groups -OCH3 is 2. The van der Waals surface area contributed by atoms with Crippen LogP contribution in [0, 0.1) is 6.92 Å². The zero-order chi connectivity index (χ0) is 27.1. The first-order valence-electron chi connectivity index (χ1n) is 12.6. The van der Waals surface area contributed by atoms with Gasteiger partial charge in [-0.3, -0.25) is 0 Å². The van der Waals surface area contributed by atoms with Gasteiger partial charge in [-0.15, -0.1) is 0 Å². The molecule has 1 N–H and O–H groups in total. The van der Waals surface area contributed by atoms with Crippen LogP contribution in [0.3, 0.4) is 0 Å². The maximum atomic E-state index is 11.7. The van der Waals surface area contributed by atoms with E-state index >= 15 is 0 Å². The van der Waals surface area contributed by atoms with Crippen LogP contribution in [0.4, 0.5) is 0 Å². The molecule has 0 aliphatic carbocycles. The van der Waals surface area contributed by atoms with Crippen LogP contribution in [0.1, 0.15) is 30.4 Å². The third-order valence-electron chi connectivity index (χ3n) is 6.27. The van der Waals surface area contributed by atoms with Gasteiger partial charge in [-0.05, 0) is 42.5 Å². The van der Waals surface area contributed by atoms with E-state index in [-0.39, 0.29) is 6.42 Å². The summed E-state index contributed by atoms with van der Waals surface area (Å²) < 4.78 is 28.4. The van der Waals surface area contributed by atoms with Crippen molar-refractivity contribution >= 4 is 16.7 Å². The summed E-state index contributed by atoms with van der Waals surface area (Å²) in [6, 6.07) is 17.1. The lowest BCUT2D eigenvalue weighted by molar-refractivity contribution is -0.150. The number of hydrogen-bond acceptors (Lipinski definition) is 7. The van der Waals surface area contributed by atoms with E-state index in [9.17, 15) is 9.90 Å². The molecule has 0 bridgehead atoms. The third-order valence-corrected chi connectivity index (χ3v) is 6.27. The van der Waals surface area contributed by atoms with Crippen molar-refractivity contribution in [1.82, 2.24) is 4.98 Å². The fraction of sp³-hybridized carbons (Fsp3) is 0.333. The van der Waals surface area contributed by atoms with Crippen LogP contribution in [-0.2, 0) is 22.4 Å². The largest absolute Gasteiger partial charge is 0.497 e. The lowest BCUT2D eigenvalue weighted by atomic mass is 9.99. The summed E-state index contributed by atoms with van der Waals surface area (Å²) in [5.74, 6) is 2.28. The third kappa shape index (κ3) is 6.26. The maximum Gasteiger partial charge on any atom is 0.333 e. The normalized spacial score (nSPS) is 11.9. The molecule has 1 atom stereocenters. The van der Waals surface area contributed by atoms with E-state index < -0.39 is 12.1 Å². The number of rotatable bonds is 13. The molecule has 4 aromatic rings. The first-order chi connectivity index (χ1) is 18.4. The Bertz CT molecular complexity index is 1370. The molecule has 0 amide bonds. The van der Waals surface area contributed by atoms with Gasteiger partial charge in [0.05, 0.1) is 26.5 Å². The van der Waals surface area contributed by atoms with E-state index in [4.69, 9.17) is 23.4 Å². The number of ether oxygens (including phenoxy) is 4. The fourth-order valence-electron chi connectivity index (χ4n) is 4.29. The van der Waals surface area contributed by atoms with Crippen molar-refractivity contribution in [2.45, 2.75) is 39.2 Å². The van der Waals surface area contributed by atoms with Crippen LogP contribution >= 0.6 is 0 Å². The lowest BCUT2D eigenvalue weighted by Gasteiger charge is -2.16. The minimum Gasteiger partial charge on any atom is -0.497 e. The Morgan fingerprint density at radius 2 is 1.71 bits per heavy atom. The van der Waals surface area contributed by atoms with Gasteiger partial charge in [-0.1, -0.05) is 37.3 Å². The van der Waals surface area contributed by atoms with Crippen molar-refractivity contribution < 1.29 is 33.3 Å². The summed E-state index contributed by atoms with van der Waals surface area (Å²) in [6.07, 6.45) is 0.709. The summed E-state index contributed by atoms with van der Waals surface area (Å²) in [7, 11) is 3.20. The SMILES string of the molecule is CCCOC(Cc1ccc(OCCc2nc(-c3cc(OC)cc(OC)c3)oc2C)c2ccccc12)C(=O)O. The van der Waals surface area contributed by atoms with E-state index in [1.807, 2.05) is 62.4 Å². The molecule has 8 nitrogen and oxygen atoms in total. The summed E-state index contributed by atoms with van der Waals surface area (Å²) in [5.41, 5.74) is 2.47. The smallest absolute Gasteiger partial charge is 0.333 e. The number of fused-ring (bicyclic) bond motifs is 1. The number of carboxylic acids is 1. The Hall–Kier alpha value is -4.04. The van der Waals surface area contributed by atoms with Crippen molar-refractivity contribution in [2.24, 2.45) is 0 Å². The van der Waals surface area contributed by atoms with Gasteiger partial charge in [0.25, 0.3) is 0 Å². The zero-order valence-electron chi connectivity index (χ0n) is 22.2. The lowest BCUT2D eigenvalue weighted by Crippen LogP contribution is -2.26. The molecule has 1 unspecified atom stereocenters. The number of nitrogens with zero attached hydrogens (tertiary/aromatic N) is 1. The number of hydrogen-bond donors (Lipinski definition) is 1. The Labute approximate surface area is 222 Å². The highest BCUT2D eigenvalue weighted by Crippen LogP contribution is 2.32. The standard InChI is InChI=1S/C30H33NO7/c1-5-13-36-28(30(32)33)17-20-10-11-27(25-9-7-6-8-24(20)25)37-14-12-26-19(2)38-29(31-26)21-15-22(34-3)18-23(16-21)35-4/h6-11,15-16,18,28H,5,12-14,17H2,1-4H3,(H,32,33). The van der Waals surface area contributed by atoms with Crippen molar-refractivity contribution in [1.29, 1.82) is 0 Å². The number of oxazole rings is 1. The van der Waals surface area contributed by atoms with Gasteiger partial charge in [-0.25, -0.2) is 9.78 Å². The van der Waals surface area contributed by atoms with E-state index in [1.165, 1.54) is 0 Å². The number of benzene rings is 3. The molecule has 0 radical (unpaired) electrons. The van der Waals surface area contributed by atoms with Gasteiger partial charge in [0, 0.05) is 36.5 Å². The van der Waals surface area contributed by atoms with Crippen LogP contribution in [-0.4, -0.2) is 49.6 Å². The first-order valence-corrected chi connectivity index (χ1v) is 12.6. The second kappa shape index (κ2) is 12.5. The molecule has 0 aliphatic heterocycles. The molecule has 4 rings (SSSR count). The van der Waals surface area contributed by atoms with Crippen molar-refractivity contribution in [3.63, 3.8) is 0 Å². The minimum atomic E-state index is -0.961. The van der Waals surface area contributed by atoms with Crippen LogP contribution in [0.5, 0.6) is 17.2 Å². The van der Waals surface area contributed by atoms with Gasteiger partial charge in [-0.2, -0.15) is 0 Å². The minimum absolute atomic E-state index is 0.284. The quantitative estimate of drug-likeness (QED) is 0.234. The molecule has 38 heavy (non-hydrogen) atoms. The highest BCUT2D eigenvalue weighted by atomic mass is 16.5. The van der Waals surface area contributed by atoms with Crippen LogP contribution < -0.4 is 14.2 Å². The number of carboxylic acid groups (broad SMARTS) is 1. The van der Waals surface area contributed by atoms with E-state index in [0.29, 0.717) is 37.0 Å². The average molecular weight is 520 g/mol. The molecule has 200 valence electrons. The predicted molar refractivity (Wildman–Crippen MR) is 144 cm³/mol. The summed E-state index contributed by atoms with van der Waals surface area (Å²) in [5, 5.41) is 11.5. The predicted octanol–water partition coefficient (Wildman–Crippen LogP) is 5.86. The maximum absolute atomic E-state index is 11.7. The topological polar surface area (TPSA) is 100 Å². The molecular formula is C30H33NO7. The number of aromatic nitrogens is 1. The molecule has 1 aromatic heterocycles. The average Bonchev–Trinajstić information content (AvgIpc) is 3.31. The summed E-state index contributed by atoms with van der Waals surface area (Å²) >= 11 is 0. The molecule has 0 aliphatic rings. The highest BCUT2D eigenvalue weighted by Gasteiger charge is 2.20. The van der Waals surface area contributed by atoms with Crippen LogP contribution in [0.25, 0.3) is 22.2 Å². The Balaban J connectivity index is 1.49. The molecule has 0 fully saturated rings. The molecule has 3 aromatic carbocycles. The van der Waals surface area contributed by atoms with Gasteiger partial charge in [0.1, 0.15) is 23.0 Å². The van der Waals surface area contributed by atoms with Crippen molar-refractivity contribution in [2.75, 3.05) is 27.4 Å². The molecule has 0 spiro atoms. The monoisotopic (exact) mass is 519 g/mol. The second-order valence-corrected chi connectivity index (χ2v) is 8.89. The van der Waals surface area contributed by atoms with E-state index in [2.05, 4.69) is 4.98 Å². The number of carbonyl (C=O) groups is 1. The van der Waals surface area contributed by atoms with Gasteiger partial charge >= 0.3 is 5.97 Å². The van der Waals surface area contributed by atoms with E-state index in [0.717, 1.165) is 45.5 Å². The van der Waals surface area contributed by atoms with E-state index in [1.54, 1.807) is 20.3 Å². The first kappa shape index (κ1) is 27.0. The molecule has 0 saturated heterocycles. The van der Waals surface area contributed by atoms with Gasteiger partial charge in [0.15, 0.2) is 6.10 Å². The Kier molecular flexibility index (Phi) is 8.86. The van der Waals surface area contributed by atoms with Crippen LogP contribution in [0.2, 0.25) is 0 Å². The number of aliphatic carboxylic acids is 1. The van der Waals surface area contributed by atoms with Crippen molar-refractivity contribution in [3.8, 4) is 28.7 Å². The summed E-state index contributed by atoms with van der Waals surface area (Å²) in [4.78, 5) is 16.4. The molecule has 1 heterocycles. The molecule has 8 heteroatoms. The summed E-state index contributed by atoms with van der Waals surface area (Å²) in [6.45, 7) is 4.64. The molecule has 0 saturated carbocycles. The Morgan fingerprint density at radius 1 is 1.00 bits per heavy atom. The second-order valence-electron chi connectivity index (χ2n) is 8.89. The van der Waals surface area contributed by atoms with Gasteiger partial charge < -0.3 is 28.5 Å². The van der Waals surface area contributed by atoms with Crippen molar-refractivity contribution in [3.05, 3.63) is 71.6 Å². The van der Waals surface area contributed by atoms with Crippen LogP contribution in [0.15, 0.2) is 59.0 Å².